The molecule has 4 nitrogen and oxygen atoms in total. The van der Waals surface area contributed by atoms with Crippen LogP contribution < -0.4 is 10.6 Å². The summed E-state index contributed by atoms with van der Waals surface area (Å²) in [5.41, 5.74) is 7.51. The number of anilines is 1. The Morgan fingerprint density at radius 1 is 1.50 bits per heavy atom. The fourth-order valence-corrected chi connectivity index (χ4v) is 3.18. The maximum absolute atomic E-state index is 11.4. The molecule has 1 heterocycles. The second-order valence-electron chi connectivity index (χ2n) is 4.20. The summed E-state index contributed by atoms with van der Waals surface area (Å²) in [6, 6.07) is 7.91. The Kier molecular flexibility index (Phi) is 4.49. The molecule has 0 bridgehead atoms. The molecule has 0 aromatic heterocycles. The highest BCUT2D eigenvalue weighted by molar-refractivity contribution is 7.99. The smallest absolute Gasteiger partial charge is 0.337 e. The molecule has 1 saturated heterocycles. The summed E-state index contributed by atoms with van der Waals surface area (Å²) in [7, 11) is 1.39. The molecule has 18 heavy (non-hydrogen) atoms. The molecule has 0 amide bonds. The summed E-state index contributed by atoms with van der Waals surface area (Å²) < 4.78 is 4.69. The van der Waals surface area contributed by atoms with Crippen LogP contribution in [-0.4, -0.2) is 43.7 Å². The molecular weight excluding hydrogens is 248 g/mol. The van der Waals surface area contributed by atoms with E-state index < -0.39 is 0 Å². The molecule has 0 aliphatic carbocycles. The molecule has 1 aromatic carbocycles. The van der Waals surface area contributed by atoms with E-state index in [-0.39, 0.29) is 5.97 Å². The van der Waals surface area contributed by atoms with Crippen LogP contribution in [0.25, 0.3) is 0 Å². The first-order valence-electron chi connectivity index (χ1n) is 5.99. The molecule has 2 rings (SSSR count). The maximum atomic E-state index is 11.4. The molecule has 98 valence electrons. The Bertz CT molecular complexity index is 408. The number of hydrogen-bond donors (Lipinski definition) is 1. The van der Waals surface area contributed by atoms with Crippen LogP contribution in [-0.2, 0) is 4.74 Å². The zero-order valence-electron chi connectivity index (χ0n) is 10.5. The topological polar surface area (TPSA) is 55.6 Å². The second-order valence-corrected chi connectivity index (χ2v) is 5.35. The molecule has 0 radical (unpaired) electrons. The molecule has 0 saturated carbocycles. The van der Waals surface area contributed by atoms with E-state index in [1.807, 2.05) is 23.9 Å². The van der Waals surface area contributed by atoms with E-state index in [4.69, 9.17) is 5.73 Å². The fraction of sp³-hybridized carbons (Fsp3) is 0.462. The van der Waals surface area contributed by atoms with Crippen LogP contribution in [0.1, 0.15) is 10.4 Å². The van der Waals surface area contributed by atoms with Crippen molar-refractivity contribution in [2.45, 2.75) is 6.04 Å². The van der Waals surface area contributed by atoms with E-state index in [0.717, 1.165) is 23.7 Å². The number of benzene rings is 1. The Morgan fingerprint density at radius 3 is 2.83 bits per heavy atom. The molecule has 2 N–H and O–H groups in total. The largest absolute Gasteiger partial charge is 0.465 e. The highest BCUT2D eigenvalue weighted by Gasteiger charge is 2.21. The number of carbonyl (C=O) groups is 1. The molecule has 1 fully saturated rings. The van der Waals surface area contributed by atoms with Crippen LogP contribution in [0.15, 0.2) is 24.3 Å². The predicted octanol–water partition coefficient (Wildman–Crippen LogP) is 1.35. The molecule has 1 unspecified atom stereocenters. The lowest BCUT2D eigenvalue weighted by Crippen LogP contribution is -2.46. The molecular formula is C13H18N2O2S. The van der Waals surface area contributed by atoms with Crippen molar-refractivity contribution in [3.63, 3.8) is 0 Å². The van der Waals surface area contributed by atoms with Gasteiger partial charge in [0, 0.05) is 30.3 Å². The van der Waals surface area contributed by atoms with E-state index in [2.05, 4.69) is 9.64 Å². The van der Waals surface area contributed by atoms with Crippen molar-refractivity contribution >= 4 is 23.4 Å². The summed E-state index contributed by atoms with van der Waals surface area (Å²) in [6.07, 6.45) is 0. The molecule has 0 spiro atoms. The predicted molar refractivity (Wildman–Crippen MR) is 75.3 cm³/mol. The van der Waals surface area contributed by atoms with Gasteiger partial charge in [0.15, 0.2) is 0 Å². The van der Waals surface area contributed by atoms with Gasteiger partial charge >= 0.3 is 5.97 Å². The normalized spacial score (nSPS) is 19.7. The molecule has 5 heteroatoms. The standard InChI is InChI=1S/C13H18N2O2S/c1-17-13(16)10-2-4-11(5-3-10)15-6-7-18-9-12(15)8-14/h2-5,12H,6-9,14H2,1H3. The number of thioether (sulfide) groups is 1. The van der Waals surface area contributed by atoms with E-state index in [1.54, 1.807) is 12.1 Å². The quantitative estimate of drug-likeness (QED) is 0.837. The first-order valence-corrected chi connectivity index (χ1v) is 7.14. The first-order chi connectivity index (χ1) is 8.76. The number of esters is 1. The van der Waals surface area contributed by atoms with Crippen LogP contribution >= 0.6 is 11.8 Å². The Balaban J connectivity index is 2.15. The summed E-state index contributed by atoms with van der Waals surface area (Å²) in [5.74, 6) is 1.89. The monoisotopic (exact) mass is 266 g/mol. The van der Waals surface area contributed by atoms with Gasteiger partial charge in [-0.15, -0.1) is 0 Å². The van der Waals surface area contributed by atoms with Crippen molar-refractivity contribution in [1.82, 2.24) is 0 Å². The van der Waals surface area contributed by atoms with Crippen molar-refractivity contribution in [2.75, 3.05) is 36.6 Å². The Labute approximate surface area is 111 Å². The molecule has 1 aliphatic heterocycles. The molecule has 1 atom stereocenters. The number of nitrogens with two attached hydrogens (primary N) is 1. The van der Waals surface area contributed by atoms with Gasteiger partial charge in [-0.1, -0.05) is 0 Å². The van der Waals surface area contributed by atoms with Gasteiger partial charge in [-0.25, -0.2) is 4.79 Å². The van der Waals surface area contributed by atoms with Gasteiger partial charge in [0.1, 0.15) is 0 Å². The third-order valence-corrected chi connectivity index (χ3v) is 4.21. The zero-order valence-corrected chi connectivity index (χ0v) is 11.3. The van der Waals surface area contributed by atoms with E-state index >= 15 is 0 Å². The average molecular weight is 266 g/mol. The lowest BCUT2D eigenvalue weighted by atomic mass is 10.1. The van der Waals surface area contributed by atoms with Gasteiger partial charge < -0.3 is 15.4 Å². The maximum Gasteiger partial charge on any atom is 0.337 e. The van der Waals surface area contributed by atoms with Gasteiger partial charge in [0.2, 0.25) is 0 Å². The average Bonchev–Trinajstić information content (AvgIpc) is 2.46. The van der Waals surface area contributed by atoms with E-state index in [1.165, 1.54) is 7.11 Å². The van der Waals surface area contributed by atoms with Gasteiger partial charge in [0.05, 0.1) is 18.7 Å². The summed E-state index contributed by atoms with van der Waals surface area (Å²) in [6.45, 7) is 1.66. The van der Waals surface area contributed by atoms with Crippen molar-refractivity contribution in [3.8, 4) is 0 Å². The third kappa shape index (κ3) is 2.79. The number of methoxy groups -OCH3 is 1. The number of nitrogens with zero attached hydrogens (tertiary/aromatic N) is 1. The van der Waals surface area contributed by atoms with E-state index in [0.29, 0.717) is 18.2 Å². The highest BCUT2D eigenvalue weighted by Crippen LogP contribution is 2.24. The third-order valence-electron chi connectivity index (χ3n) is 3.12. The zero-order chi connectivity index (χ0) is 13.0. The molecule has 1 aliphatic rings. The number of carbonyl (C=O) groups excluding carboxylic acids is 1. The van der Waals surface area contributed by atoms with E-state index in [9.17, 15) is 4.79 Å². The van der Waals surface area contributed by atoms with Gasteiger partial charge in [-0.2, -0.15) is 11.8 Å². The highest BCUT2D eigenvalue weighted by atomic mass is 32.2. The van der Waals surface area contributed by atoms with Crippen molar-refractivity contribution in [2.24, 2.45) is 5.73 Å². The lowest BCUT2D eigenvalue weighted by Gasteiger charge is -2.36. The van der Waals surface area contributed by atoms with Crippen LogP contribution in [0.2, 0.25) is 0 Å². The number of hydrogen-bond acceptors (Lipinski definition) is 5. The minimum absolute atomic E-state index is 0.300. The Hall–Kier alpha value is -1.20. The summed E-state index contributed by atoms with van der Waals surface area (Å²) >= 11 is 1.94. The van der Waals surface area contributed by atoms with Crippen molar-refractivity contribution in [1.29, 1.82) is 0 Å². The summed E-state index contributed by atoms with van der Waals surface area (Å²) in [5, 5.41) is 0. The first kappa shape index (κ1) is 13.2. The van der Waals surface area contributed by atoms with Gasteiger partial charge in [-0.05, 0) is 24.3 Å². The second kappa shape index (κ2) is 6.11. The van der Waals surface area contributed by atoms with Gasteiger partial charge in [-0.3, -0.25) is 0 Å². The minimum Gasteiger partial charge on any atom is -0.465 e. The Morgan fingerprint density at radius 2 is 2.22 bits per heavy atom. The van der Waals surface area contributed by atoms with Crippen molar-refractivity contribution in [3.05, 3.63) is 29.8 Å². The molecule has 1 aromatic rings. The number of ether oxygens (including phenoxy) is 1. The lowest BCUT2D eigenvalue weighted by molar-refractivity contribution is 0.0601. The van der Waals surface area contributed by atoms with Crippen molar-refractivity contribution < 1.29 is 9.53 Å². The minimum atomic E-state index is -0.300. The fourth-order valence-electron chi connectivity index (χ4n) is 2.10. The number of rotatable bonds is 3. The van der Waals surface area contributed by atoms with Crippen LogP contribution in [0.4, 0.5) is 5.69 Å². The van der Waals surface area contributed by atoms with Crippen LogP contribution in [0.3, 0.4) is 0 Å². The summed E-state index contributed by atoms with van der Waals surface area (Å²) in [4.78, 5) is 13.7. The SMILES string of the molecule is COC(=O)c1ccc(N2CCSCC2CN)cc1. The van der Waals surface area contributed by atoms with Crippen LogP contribution in [0, 0.1) is 0 Å². The van der Waals surface area contributed by atoms with Crippen LogP contribution in [0.5, 0.6) is 0 Å². The van der Waals surface area contributed by atoms with Gasteiger partial charge in [0.25, 0.3) is 0 Å².